The molecule has 1 N–H and O–H groups in total. The highest BCUT2D eigenvalue weighted by Gasteiger charge is 2.25. The summed E-state index contributed by atoms with van der Waals surface area (Å²) in [6.45, 7) is 1.31. The van der Waals surface area contributed by atoms with E-state index in [2.05, 4.69) is 9.88 Å². The van der Waals surface area contributed by atoms with Crippen LogP contribution in [0.1, 0.15) is 35.3 Å². The highest BCUT2D eigenvalue weighted by molar-refractivity contribution is 7.92. The Kier molecular flexibility index (Phi) is 4.94. The van der Waals surface area contributed by atoms with Crippen LogP contribution in [0.15, 0.2) is 51.9 Å². The van der Waals surface area contributed by atoms with Gasteiger partial charge in [0.2, 0.25) is 0 Å². The van der Waals surface area contributed by atoms with Gasteiger partial charge < -0.3 is 9.42 Å². The van der Waals surface area contributed by atoms with Gasteiger partial charge in [0.15, 0.2) is 11.3 Å². The van der Waals surface area contributed by atoms with Crippen LogP contribution in [-0.4, -0.2) is 37.5 Å². The second-order valence-electron chi connectivity index (χ2n) is 6.84. The predicted octanol–water partition coefficient (Wildman–Crippen LogP) is 3.13. The van der Waals surface area contributed by atoms with E-state index in [-0.39, 0.29) is 22.2 Å². The second-order valence-corrected chi connectivity index (χ2v) is 8.52. The van der Waals surface area contributed by atoms with E-state index in [4.69, 9.17) is 9.78 Å². The highest BCUT2D eigenvalue weighted by Crippen LogP contribution is 2.26. The molecule has 2 heterocycles. The van der Waals surface area contributed by atoms with Gasteiger partial charge in [0.25, 0.3) is 15.9 Å². The second kappa shape index (κ2) is 7.56. The lowest BCUT2D eigenvalue weighted by atomic mass is 10.1. The molecule has 1 saturated heterocycles. The number of aromatic nitrogens is 1. The number of piperidine rings is 1. The molecule has 1 fully saturated rings. The van der Waals surface area contributed by atoms with Crippen LogP contribution in [0.3, 0.4) is 0 Å². The molecule has 0 aliphatic carbocycles. The average molecular weight is 410 g/mol. The van der Waals surface area contributed by atoms with Crippen LogP contribution in [-0.2, 0) is 10.0 Å². The van der Waals surface area contributed by atoms with Crippen molar-refractivity contribution >= 4 is 32.6 Å². The van der Waals surface area contributed by atoms with E-state index in [9.17, 15) is 13.2 Å². The van der Waals surface area contributed by atoms with Gasteiger partial charge in [-0.25, -0.2) is 8.42 Å². The van der Waals surface area contributed by atoms with E-state index in [1.54, 1.807) is 23.1 Å². The minimum Gasteiger partial charge on any atom is -0.355 e. The molecule has 3 aromatic rings. The minimum absolute atomic E-state index is 0.0248. The first-order valence-corrected chi connectivity index (χ1v) is 10.7. The van der Waals surface area contributed by atoms with Crippen molar-refractivity contribution in [2.45, 2.75) is 24.2 Å². The first kappa shape index (κ1) is 19.0. The number of carbonyl (C=O) groups is 1. The van der Waals surface area contributed by atoms with Gasteiger partial charge in [-0.3, -0.25) is 9.52 Å². The van der Waals surface area contributed by atoms with Gasteiger partial charge in [0.1, 0.15) is 0 Å². The maximum atomic E-state index is 12.8. The number of nitriles is 1. The van der Waals surface area contributed by atoms with Gasteiger partial charge in [0.05, 0.1) is 27.6 Å². The number of fused-ring (bicyclic) bond motifs is 1. The van der Waals surface area contributed by atoms with Crippen molar-refractivity contribution in [1.29, 1.82) is 5.26 Å². The summed E-state index contributed by atoms with van der Waals surface area (Å²) < 4.78 is 33.3. The summed E-state index contributed by atoms with van der Waals surface area (Å²) in [5.41, 5.74) is 1.08. The van der Waals surface area contributed by atoms with Crippen LogP contribution >= 0.6 is 0 Å². The fraction of sp³-hybridized carbons (Fsp3) is 0.250. The smallest absolute Gasteiger partial charge is 0.276 e. The van der Waals surface area contributed by atoms with Crippen LogP contribution in [0.2, 0.25) is 0 Å². The van der Waals surface area contributed by atoms with Gasteiger partial charge in [-0.1, -0.05) is 11.2 Å². The molecular weight excluding hydrogens is 392 g/mol. The lowest BCUT2D eigenvalue weighted by Crippen LogP contribution is -2.35. The molecule has 2 aromatic carbocycles. The molecule has 148 valence electrons. The summed E-state index contributed by atoms with van der Waals surface area (Å²) in [5, 5.41) is 13.2. The van der Waals surface area contributed by atoms with Crippen LogP contribution in [0.25, 0.3) is 11.0 Å². The number of hydrogen-bond acceptors (Lipinski definition) is 6. The van der Waals surface area contributed by atoms with Gasteiger partial charge >= 0.3 is 0 Å². The van der Waals surface area contributed by atoms with Crippen molar-refractivity contribution in [3.8, 4) is 6.07 Å². The first-order chi connectivity index (χ1) is 14.0. The Balaban J connectivity index is 1.67. The quantitative estimate of drug-likeness (QED) is 0.706. The zero-order valence-electron chi connectivity index (χ0n) is 15.5. The van der Waals surface area contributed by atoms with Crippen LogP contribution in [0.4, 0.5) is 5.69 Å². The fourth-order valence-electron chi connectivity index (χ4n) is 3.35. The van der Waals surface area contributed by atoms with Crippen LogP contribution < -0.4 is 4.72 Å². The van der Waals surface area contributed by atoms with Crippen molar-refractivity contribution in [3.05, 3.63) is 53.7 Å². The van der Waals surface area contributed by atoms with E-state index >= 15 is 0 Å². The zero-order valence-corrected chi connectivity index (χ0v) is 16.3. The normalized spacial score (nSPS) is 14.5. The number of benzene rings is 2. The molecule has 8 nitrogen and oxygen atoms in total. The Labute approximate surface area is 167 Å². The van der Waals surface area contributed by atoms with Crippen LogP contribution in [0.5, 0.6) is 0 Å². The maximum absolute atomic E-state index is 12.8. The molecule has 0 atom stereocenters. The molecule has 9 heteroatoms. The van der Waals surface area contributed by atoms with E-state index in [0.717, 1.165) is 19.3 Å². The molecule has 1 aliphatic heterocycles. The molecular formula is C20H18N4O4S. The Morgan fingerprint density at radius 2 is 1.93 bits per heavy atom. The third kappa shape index (κ3) is 3.79. The third-order valence-corrected chi connectivity index (χ3v) is 6.22. The SMILES string of the molecule is N#Cc1cccc(NS(=O)(=O)c2ccc3onc(C(=O)N4CCCCC4)c3c2)c1. The van der Waals surface area contributed by atoms with E-state index < -0.39 is 10.0 Å². The number of anilines is 1. The number of nitrogens with one attached hydrogen (secondary N) is 1. The number of amides is 1. The maximum Gasteiger partial charge on any atom is 0.276 e. The monoisotopic (exact) mass is 410 g/mol. The molecule has 0 saturated carbocycles. The number of likely N-dealkylation sites (tertiary alicyclic amines) is 1. The standard InChI is InChI=1S/C20H18N4O4S/c21-13-14-5-4-6-15(11-14)23-29(26,27)16-7-8-18-17(12-16)19(22-28-18)20(25)24-9-2-1-3-10-24/h4-8,11-12,23H,1-3,9-10H2. The Hall–Kier alpha value is -3.38. The van der Waals surface area contributed by atoms with Crippen molar-refractivity contribution < 1.29 is 17.7 Å². The molecule has 1 aromatic heterocycles. The zero-order chi connectivity index (χ0) is 20.4. The molecule has 1 aliphatic rings. The lowest BCUT2D eigenvalue weighted by Gasteiger charge is -2.25. The fourth-order valence-corrected chi connectivity index (χ4v) is 4.43. The summed E-state index contributed by atoms with van der Waals surface area (Å²) >= 11 is 0. The Bertz CT molecular complexity index is 1220. The molecule has 0 spiro atoms. The Morgan fingerprint density at radius 1 is 1.14 bits per heavy atom. The van der Waals surface area contributed by atoms with Gasteiger partial charge in [-0.05, 0) is 55.7 Å². The van der Waals surface area contributed by atoms with E-state index in [1.807, 2.05) is 6.07 Å². The first-order valence-electron chi connectivity index (χ1n) is 9.20. The number of nitrogens with zero attached hydrogens (tertiary/aromatic N) is 3. The van der Waals surface area contributed by atoms with Crippen molar-refractivity contribution in [1.82, 2.24) is 10.1 Å². The third-order valence-electron chi connectivity index (χ3n) is 4.84. The summed E-state index contributed by atoms with van der Waals surface area (Å²) in [6.07, 6.45) is 2.96. The number of hydrogen-bond donors (Lipinski definition) is 1. The largest absolute Gasteiger partial charge is 0.355 e. The summed E-state index contributed by atoms with van der Waals surface area (Å²) in [6, 6.07) is 12.4. The summed E-state index contributed by atoms with van der Waals surface area (Å²) in [7, 11) is -3.93. The number of carbonyl (C=O) groups excluding carboxylic acids is 1. The molecule has 0 bridgehead atoms. The Morgan fingerprint density at radius 3 is 2.69 bits per heavy atom. The van der Waals surface area contributed by atoms with E-state index in [0.29, 0.717) is 29.6 Å². The minimum atomic E-state index is -3.93. The van der Waals surface area contributed by atoms with Crippen LogP contribution in [0, 0.1) is 11.3 Å². The average Bonchev–Trinajstić information content (AvgIpc) is 3.17. The van der Waals surface area contributed by atoms with Crippen molar-refractivity contribution in [3.63, 3.8) is 0 Å². The molecule has 0 unspecified atom stereocenters. The summed E-state index contributed by atoms with van der Waals surface area (Å²) in [5.74, 6) is -0.257. The van der Waals surface area contributed by atoms with E-state index in [1.165, 1.54) is 24.3 Å². The predicted molar refractivity (Wildman–Crippen MR) is 106 cm³/mol. The molecule has 0 radical (unpaired) electrons. The molecule has 29 heavy (non-hydrogen) atoms. The topological polar surface area (TPSA) is 116 Å². The lowest BCUT2D eigenvalue weighted by molar-refractivity contribution is 0.0716. The van der Waals surface area contributed by atoms with Gasteiger partial charge in [0, 0.05) is 13.1 Å². The molecule has 4 rings (SSSR count). The summed E-state index contributed by atoms with van der Waals surface area (Å²) in [4.78, 5) is 14.5. The molecule has 1 amide bonds. The van der Waals surface area contributed by atoms with Gasteiger partial charge in [-0.15, -0.1) is 0 Å². The van der Waals surface area contributed by atoms with Crippen molar-refractivity contribution in [2.75, 3.05) is 17.8 Å². The number of sulfonamides is 1. The highest BCUT2D eigenvalue weighted by atomic mass is 32.2. The van der Waals surface area contributed by atoms with Crippen molar-refractivity contribution in [2.24, 2.45) is 0 Å². The van der Waals surface area contributed by atoms with Gasteiger partial charge in [-0.2, -0.15) is 5.26 Å². The number of rotatable bonds is 4.